The second kappa shape index (κ2) is 7.62. The van der Waals surface area contributed by atoms with Gasteiger partial charge in [-0.05, 0) is 44.7 Å². The van der Waals surface area contributed by atoms with E-state index >= 15 is 0 Å². The van der Waals surface area contributed by atoms with Gasteiger partial charge in [0.15, 0.2) is 0 Å². The topological polar surface area (TPSA) is 40.6 Å². The molecule has 0 radical (unpaired) electrons. The first-order valence-corrected chi connectivity index (χ1v) is 8.54. The molecule has 126 valence electrons. The van der Waals surface area contributed by atoms with Crippen LogP contribution < -0.4 is 4.90 Å². The van der Waals surface area contributed by atoms with Crippen LogP contribution in [0.5, 0.6) is 0 Å². The predicted molar refractivity (Wildman–Crippen MR) is 93.7 cm³/mol. The molecule has 0 bridgehead atoms. The molecule has 1 saturated heterocycles. The SMILES string of the molecule is CC(=O)N(CC(=O)N1CCCCCC1)c1c(C)cc(C)cc1C. The van der Waals surface area contributed by atoms with Gasteiger partial charge in [-0.25, -0.2) is 0 Å². The molecule has 1 aromatic rings. The van der Waals surface area contributed by atoms with Crippen molar-refractivity contribution in [1.29, 1.82) is 0 Å². The molecule has 4 heteroatoms. The standard InChI is InChI=1S/C19H28N2O2/c1-14-11-15(2)19(16(3)12-14)21(17(4)22)13-18(23)20-9-7-5-6-8-10-20/h11-12H,5-10,13H2,1-4H3. The number of hydrogen-bond donors (Lipinski definition) is 0. The van der Waals surface area contributed by atoms with Crippen LogP contribution in [-0.4, -0.2) is 36.3 Å². The molecule has 2 amide bonds. The van der Waals surface area contributed by atoms with Crippen molar-refractivity contribution in [3.05, 3.63) is 28.8 Å². The molecule has 23 heavy (non-hydrogen) atoms. The van der Waals surface area contributed by atoms with Crippen LogP contribution in [0.2, 0.25) is 0 Å². The number of nitrogens with zero attached hydrogens (tertiary/aromatic N) is 2. The Morgan fingerprint density at radius 2 is 1.52 bits per heavy atom. The van der Waals surface area contributed by atoms with Crippen molar-refractivity contribution < 1.29 is 9.59 Å². The minimum Gasteiger partial charge on any atom is -0.341 e. The van der Waals surface area contributed by atoms with E-state index in [-0.39, 0.29) is 18.4 Å². The zero-order valence-electron chi connectivity index (χ0n) is 14.8. The van der Waals surface area contributed by atoms with Crippen LogP contribution in [0.15, 0.2) is 12.1 Å². The molecule has 2 rings (SSSR count). The first kappa shape index (κ1) is 17.5. The summed E-state index contributed by atoms with van der Waals surface area (Å²) in [5.74, 6) is -0.0234. The lowest BCUT2D eigenvalue weighted by Crippen LogP contribution is -2.43. The second-order valence-electron chi connectivity index (χ2n) is 6.65. The second-order valence-corrected chi connectivity index (χ2v) is 6.65. The monoisotopic (exact) mass is 316 g/mol. The highest BCUT2D eigenvalue weighted by molar-refractivity contribution is 5.98. The van der Waals surface area contributed by atoms with Gasteiger partial charge in [0, 0.05) is 20.0 Å². The van der Waals surface area contributed by atoms with Gasteiger partial charge in [0.1, 0.15) is 6.54 Å². The van der Waals surface area contributed by atoms with E-state index in [1.165, 1.54) is 25.3 Å². The van der Waals surface area contributed by atoms with E-state index in [2.05, 4.69) is 12.1 Å². The lowest BCUT2D eigenvalue weighted by atomic mass is 10.0. The molecule has 1 fully saturated rings. The van der Waals surface area contributed by atoms with Gasteiger partial charge in [0.2, 0.25) is 11.8 Å². The minimum atomic E-state index is -0.0803. The number of benzene rings is 1. The van der Waals surface area contributed by atoms with Gasteiger partial charge < -0.3 is 9.80 Å². The Morgan fingerprint density at radius 1 is 1.00 bits per heavy atom. The summed E-state index contributed by atoms with van der Waals surface area (Å²) in [6.07, 6.45) is 4.51. The Bertz CT molecular complexity index is 564. The van der Waals surface area contributed by atoms with Crippen LogP contribution in [-0.2, 0) is 9.59 Å². The summed E-state index contributed by atoms with van der Waals surface area (Å²) in [7, 11) is 0. The van der Waals surface area contributed by atoms with Crippen LogP contribution >= 0.6 is 0 Å². The van der Waals surface area contributed by atoms with Crippen LogP contribution in [0.3, 0.4) is 0 Å². The van der Waals surface area contributed by atoms with Crippen LogP contribution in [0.25, 0.3) is 0 Å². The first-order valence-electron chi connectivity index (χ1n) is 8.54. The number of aryl methyl sites for hydroxylation is 3. The van der Waals surface area contributed by atoms with E-state index in [0.717, 1.165) is 42.7 Å². The fraction of sp³-hybridized carbons (Fsp3) is 0.579. The van der Waals surface area contributed by atoms with Crippen LogP contribution in [0.4, 0.5) is 5.69 Å². The lowest BCUT2D eigenvalue weighted by Gasteiger charge is -2.28. The van der Waals surface area contributed by atoms with E-state index in [9.17, 15) is 9.59 Å². The predicted octanol–water partition coefficient (Wildman–Crippen LogP) is 3.37. The lowest BCUT2D eigenvalue weighted by molar-refractivity contribution is -0.131. The molecule has 1 heterocycles. The van der Waals surface area contributed by atoms with Gasteiger partial charge in [-0.2, -0.15) is 0 Å². The number of amides is 2. The number of rotatable bonds is 3. The van der Waals surface area contributed by atoms with Crippen molar-refractivity contribution in [1.82, 2.24) is 4.90 Å². The van der Waals surface area contributed by atoms with E-state index in [0.29, 0.717) is 0 Å². The highest BCUT2D eigenvalue weighted by Gasteiger charge is 2.23. The van der Waals surface area contributed by atoms with Gasteiger partial charge in [-0.3, -0.25) is 9.59 Å². The number of hydrogen-bond acceptors (Lipinski definition) is 2. The summed E-state index contributed by atoms with van der Waals surface area (Å²) in [4.78, 5) is 28.4. The molecule has 0 spiro atoms. The van der Waals surface area contributed by atoms with Crippen LogP contribution in [0.1, 0.15) is 49.3 Å². The Labute approximate surface area is 139 Å². The molecule has 0 aromatic heterocycles. The van der Waals surface area contributed by atoms with Crippen molar-refractivity contribution in [2.24, 2.45) is 0 Å². The third-order valence-electron chi connectivity index (χ3n) is 4.54. The van der Waals surface area contributed by atoms with Crippen LogP contribution in [0, 0.1) is 20.8 Å². The molecule has 0 aliphatic carbocycles. The van der Waals surface area contributed by atoms with Crippen molar-refractivity contribution in [2.45, 2.75) is 53.4 Å². The highest BCUT2D eigenvalue weighted by Crippen LogP contribution is 2.26. The van der Waals surface area contributed by atoms with Gasteiger partial charge in [-0.1, -0.05) is 30.5 Å². The summed E-state index contributed by atoms with van der Waals surface area (Å²) in [5.41, 5.74) is 4.14. The molecular formula is C19H28N2O2. The molecule has 1 aromatic carbocycles. The molecule has 1 aliphatic heterocycles. The van der Waals surface area contributed by atoms with E-state index in [1.807, 2.05) is 25.7 Å². The van der Waals surface area contributed by atoms with Crippen molar-refractivity contribution >= 4 is 17.5 Å². The van der Waals surface area contributed by atoms with Crippen molar-refractivity contribution in [3.8, 4) is 0 Å². The Morgan fingerprint density at radius 3 is 2.00 bits per heavy atom. The maximum Gasteiger partial charge on any atom is 0.242 e. The third kappa shape index (κ3) is 4.34. The smallest absolute Gasteiger partial charge is 0.242 e. The summed E-state index contributed by atoms with van der Waals surface area (Å²) in [6.45, 7) is 9.36. The Hall–Kier alpha value is -1.84. The highest BCUT2D eigenvalue weighted by atomic mass is 16.2. The van der Waals surface area contributed by atoms with Gasteiger partial charge >= 0.3 is 0 Å². The number of likely N-dealkylation sites (tertiary alicyclic amines) is 1. The van der Waals surface area contributed by atoms with Crippen molar-refractivity contribution in [3.63, 3.8) is 0 Å². The van der Waals surface area contributed by atoms with Gasteiger partial charge in [-0.15, -0.1) is 0 Å². The van der Waals surface area contributed by atoms with Gasteiger partial charge in [0.25, 0.3) is 0 Å². The quantitative estimate of drug-likeness (QED) is 0.858. The third-order valence-corrected chi connectivity index (χ3v) is 4.54. The van der Waals surface area contributed by atoms with Gasteiger partial charge in [0.05, 0.1) is 5.69 Å². The normalized spacial score (nSPS) is 15.2. The van der Waals surface area contributed by atoms with E-state index in [4.69, 9.17) is 0 Å². The maximum absolute atomic E-state index is 12.7. The average Bonchev–Trinajstić information content (AvgIpc) is 2.73. The summed E-state index contributed by atoms with van der Waals surface area (Å²) >= 11 is 0. The maximum atomic E-state index is 12.7. The number of carbonyl (C=O) groups is 2. The summed E-state index contributed by atoms with van der Waals surface area (Å²) in [6, 6.07) is 4.13. The van der Waals surface area contributed by atoms with Crippen molar-refractivity contribution in [2.75, 3.05) is 24.5 Å². The summed E-state index contributed by atoms with van der Waals surface area (Å²) < 4.78 is 0. The zero-order chi connectivity index (χ0) is 17.0. The number of carbonyl (C=O) groups excluding carboxylic acids is 2. The first-order chi connectivity index (χ1) is 10.9. The fourth-order valence-electron chi connectivity index (χ4n) is 3.50. The van der Waals surface area contributed by atoms with E-state index < -0.39 is 0 Å². The Balaban J connectivity index is 2.22. The molecule has 0 N–H and O–H groups in total. The molecule has 0 atom stereocenters. The Kier molecular flexibility index (Phi) is 5.80. The molecular weight excluding hydrogens is 288 g/mol. The molecule has 1 aliphatic rings. The number of anilines is 1. The molecule has 0 unspecified atom stereocenters. The average molecular weight is 316 g/mol. The summed E-state index contributed by atoms with van der Waals surface area (Å²) in [5, 5.41) is 0. The fourth-order valence-corrected chi connectivity index (χ4v) is 3.50. The zero-order valence-corrected chi connectivity index (χ0v) is 14.8. The minimum absolute atomic E-state index is 0.0569. The van der Waals surface area contributed by atoms with E-state index in [1.54, 1.807) is 4.90 Å². The molecule has 4 nitrogen and oxygen atoms in total. The molecule has 0 saturated carbocycles. The largest absolute Gasteiger partial charge is 0.341 e.